The van der Waals surface area contributed by atoms with Crippen molar-refractivity contribution < 1.29 is 14.1 Å². The zero-order valence-corrected chi connectivity index (χ0v) is 14.7. The number of non-ortho nitro benzene ring substituents is 1. The van der Waals surface area contributed by atoms with Crippen LogP contribution in [-0.4, -0.2) is 15.2 Å². The number of carbonyl (C=O) groups is 1. The van der Waals surface area contributed by atoms with Gasteiger partial charge in [-0.2, -0.15) is 0 Å². The second kappa shape index (κ2) is 6.91. The molecule has 25 heavy (non-hydrogen) atoms. The Kier molecular flexibility index (Phi) is 4.85. The number of rotatable bonds is 3. The number of hydrogen-bond donors (Lipinski definition) is 0. The Hall–Kier alpha value is -2.29. The number of nitro groups is 1. The summed E-state index contributed by atoms with van der Waals surface area (Å²) in [6, 6.07) is 9.70. The zero-order valence-electron chi connectivity index (χ0n) is 12.3. The highest BCUT2D eigenvalue weighted by molar-refractivity contribution is 8.27. The summed E-state index contributed by atoms with van der Waals surface area (Å²) in [5.74, 6) is -0.951. The van der Waals surface area contributed by atoms with E-state index < -0.39 is 10.7 Å². The Morgan fingerprint density at radius 3 is 2.52 bits per heavy atom. The summed E-state index contributed by atoms with van der Waals surface area (Å²) in [4.78, 5) is 24.4. The number of thiocarbonyl (C=S) groups is 1. The quantitative estimate of drug-likeness (QED) is 0.324. The number of hydrogen-bond acceptors (Lipinski definition) is 5. The fourth-order valence-electron chi connectivity index (χ4n) is 2.16. The lowest BCUT2D eigenvalue weighted by Crippen LogP contribution is -2.27. The standard InChI is InChI=1S/C16H8ClFN2O3S2/c17-12-8-11(5-6-13(12)18)19-15(21)14(25-16(19)24)7-9-1-3-10(4-2-9)20(22)23/h1-8H/b14-7+. The van der Waals surface area contributed by atoms with Crippen LogP contribution < -0.4 is 4.90 Å². The molecule has 2 aromatic rings. The predicted molar refractivity (Wildman–Crippen MR) is 100 cm³/mol. The van der Waals surface area contributed by atoms with E-state index in [-0.39, 0.29) is 16.6 Å². The van der Waals surface area contributed by atoms with E-state index in [1.165, 1.54) is 29.2 Å². The van der Waals surface area contributed by atoms with Gasteiger partial charge in [0.05, 0.1) is 20.5 Å². The van der Waals surface area contributed by atoms with Gasteiger partial charge in [0.25, 0.3) is 11.6 Å². The molecule has 1 fully saturated rings. The van der Waals surface area contributed by atoms with Crippen LogP contribution in [0.25, 0.3) is 6.08 Å². The number of carbonyl (C=O) groups excluding carboxylic acids is 1. The lowest BCUT2D eigenvalue weighted by Gasteiger charge is -2.14. The van der Waals surface area contributed by atoms with Crippen LogP contribution in [0.1, 0.15) is 5.56 Å². The molecule has 0 bridgehead atoms. The van der Waals surface area contributed by atoms with E-state index >= 15 is 0 Å². The Morgan fingerprint density at radius 1 is 1.24 bits per heavy atom. The van der Waals surface area contributed by atoms with Gasteiger partial charge in [0.1, 0.15) is 5.82 Å². The van der Waals surface area contributed by atoms with Gasteiger partial charge in [-0.1, -0.05) is 35.6 Å². The normalized spacial score (nSPS) is 15.9. The molecule has 2 aromatic carbocycles. The molecular weight excluding hydrogens is 387 g/mol. The minimum atomic E-state index is -0.586. The minimum absolute atomic E-state index is 0.0364. The maximum atomic E-state index is 13.3. The molecule has 1 amide bonds. The molecule has 3 rings (SSSR count). The molecular formula is C16H8ClFN2O3S2. The number of amides is 1. The van der Waals surface area contributed by atoms with Gasteiger partial charge in [0.2, 0.25) is 0 Å². The number of anilines is 1. The smallest absolute Gasteiger partial charge is 0.268 e. The van der Waals surface area contributed by atoms with Crippen molar-refractivity contribution in [3.63, 3.8) is 0 Å². The van der Waals surface area contributed by atoms with Crippen molar-refractivity contribution in [1.82, 2.24) is 0 Å². The molecule has 0 N–H and O–H groups in total. The molecule has 1 saturated heterocycles. The molecule has 0 unspecified atom stereocenters. The van der Waals surface area contributed by atoms with Crippen LogP contribution >= 0.6 is 35.6 Å². The van der Waals surface area contributed by atoms with Gasteiger partial charge < -0.3 is 0 Å². The van der Waals surface area contributed by atoms with E-state index in [4.69, 9.17) is 23.8 Å². The second-order valence-corrected chi connectivity index (χ2v) is 7.05. The van der Waals surface area contributed by atoms with Crippen LogP contribution in [0.4, 0.5) is 15.8 Å². The molecule has 1 aliphatic rings. The average Bonchev–Trinajstić information content (AvgIpc) is 2.85. The van der Waals surface area contributed by atoms with Gasteiger partial charge in [-0.25, -0.2) is 4.39 Å². The molecule has 5 nitrogen and oxygen atoms in total. The first-order valence-electron chi connectivity index (χ1n) is 6.84. The number of halogens is 2. The number of thioether (sulfide) groups is 1. The molecule has 0 saturated carbocycles. The highest BCUT2D eigenvalue weighted by Crippen LogP contribution is 2.37. The van der Waals surface area contributed by atoms with Gasteiger partial charge in [-0.05, 0) is 42.0 Å². The second-order valence-electron chi connectivity index (χ2n) is 4.96. The molecule has 0 atom stereocenters. The first-order chi connectivity index (χ1) is 11.9. The first-order valence-corrected chi connectivity index (χ1v) is 8.44. The Morgan fingerprint density at radius 2 is 1.92 bits per heavy atom. The van der Waals surface area contributed by atoms with Gasteiger partial charge in [-0.3, -0.25) is 19.8 Å². The fraction of sp³-hybridized carbons (Fsp3) is 0. The molecule has 0 aliphatic carbocycles. The monoisotopic (exact) mass is 394 g/mol. The number of benzene rings is 2. The largest absolute Gasteiger partial charge is 0.270 e. The maximum Gasteiger partial charge on any atom is 0.270 e. The third kappa shape index (κ3) is 3.55. The van der Waals surface area contributed by atoms with E-state index in [9.17, 15) is 19.3 Å². The van der Waals surface area contributed by atoms with Crippen LogP contribution in [0.2, 0.25) is 5.02 Å². The number of nitro benzene ring substituents is 1. The topological polar surface area (TPSA) is 63.4 Å². The van der Waals surface area contributed by atoms with E-state index in [1.54, 1.807) is 18.2 Å². The third-order valence-corrected chi connectivity index (χ3v) is 4.95. The third-order valence-electron chi connectivity index (χ3n) is 3.36. The number of nitrogens with zero attached hydrogens (tertiary/aromatic N) is 2. The average molecular weight is 395 g/mol. The van der Waals surface area contributed by atoms with Crippen LogP contribution in [0.15, 0.2) is 47.4 Å². The van der Waals surface area contributed by atoms with Crippen molar-refractivity contribution >= 4 is 63.3 Å². The molecule has 1 heterocycles. The minimum Gasteiger partial charge on any atom is -0.268 e. The SMILES string of the molecule is O=C1/C(=C\c2ccc([N+](=O)[O-])cc2)SC(=S)N1c1ccc(F)c(Cl)c1. The summed E-state index contributed by atoms with van der Waals surface area (Å²) in [6.45, 7) is 0. The fourth-order valence-corrected chi connectivity index (χ4v) is 3.63. The molecule has 1 aliphatic heterocycles. The van der Waals surface area contributed by atoms with Crippen LogP contribution in [-0.2, 0) is 4.79 Å². The maximum absolute atomic E-state index is 13.3. The van der Waals surface area contributed by atoms with Gasteiger partial charge >= 0.3 is 0 Å². The Labute approximate surface area is 156 Å². The lowest BCUT2D eigenvalue weighted by molar-refractivity contribution is -0.384. The summed E-state index contributed by atoms with van der Waals surface area (Å²) in [5.41, 5.74) is 0.967. The highest BCUT2D eigenvalue weighted by Gasteiger charge is 2.33. The molecule has 0 aromatic heterocycles. The van der Waals surface area contributed by atoms with Crippen LogP contribution in [0.5, 0.6) is 0 Å². The van der Waals surface area contributed by atoms with Gasteiger partial charge in [-0.15, -0.1) is 0 Å². The molecule has 0 radical (unpaired) electrons. The van der Waals surface area contributed by atoms with E-state index in [0.29, 0.717) is 20.5 Å². The summed E-state index contributed by atoms with van der Waals surface area (Å²) >= 11 is 12.1. The Bertz CT molecular complexity index is 931. The van der Waals surface area contributed by atoms with Crippen molar-refractivity contribution in [3.05, 3.63) is 73.9 Å². The summed E-state index contributed by atoms with van der Waals surface area (Å²) in [5, 5.41) is 10.6. The Balaban J connectivity index is 1.90. The van der Waals surface area contributed by atoms with Crippen molar-refractivity contribution in [1.29, 1.82) is 0 Å². The van der Waals surface area contributed by atoms with Crippen molar-refractivity contribution in [2.45, 2.75) is 0 Å². The van der Waals surface area contributed by atoms with Crippen molar-refractivity contribution in [3.8, 4) is 0 Å². The van der Waals surface area contributed by atoms with Crippen molar-refractivity contribution in [2.75, 3.05) is 4.90 Å². The summed E-state index contributed by atoms with van der Waals surface area (Å²) in [6.07, 6.45) is 1.59. The summed E-state index contributed by atoms with van der Waals surface area (Å²) < 4.78 is 13.6. The van der Waals surface area contributed by atoms with E-state index in [1.807, 2.05) is 0 Å². The van der Waals surface area contributed by atoms with Crippen LogP contribution in [0, 0.1) is 15.9 Å². The van der Waals surface area contributed by atoms with Gasteiger partial charge in [0, 0.05) is 12.1 Å². The van der Waals surface area contributed by atoms with Crippen molar-refractivity contribution in [2.24, 2.45) is 0 Å². The first kappa shape index (κ1) is 17.5. The lowest BCUT2D eigenvalue weighted by atomic mass is 10.2. The molecule has 126 valence electrons. The van der Waals surface area contributed by atoms with E-state index in [0.717, 1.165) is 17.8 Å². The zero-order chi connectivity index (χ0) is 18.1. The van der Waals surface area contributed by atoms with Crippen LogP contribution in [0.3, 0.4) is 0 Å². The molecule has 9 heteroatoms. The predicted octanol–water partition coefficient (Wildman–Crippen LogP) is 4.79. The summed E-state index contributed by atoms with van der Waals surface area (Å²) in [7, 11) is 0. The highest BCUT2D eigenvalue weighted by atomic mass is 35.5. The van der Waals surface area contributed by atoms with Gasteiger partial charge in [0.15, 0.2) is 4.32 Å². The molecule has 0 spiro atoms. The van der Waals surface area contributed by atoms with E-state index in [2.05, 4.69) is 0 Å².